The van der Waals surface area contributed by atoms with Crippen molar-refractivity contribution < 1.29 is 28.5 Å². The normalized spacial score (nSPS) is 57.2. The van der Waals surface area contributed by atoms with Gasteiger partial charge in [-0.25, -0.2) is 0 Å². The molecule has 1 saturated carbocycles. The van der Waals surface area contributed by atoms with Crippen molar-refractivity contribution in [3.8, 4) is 0 Å². The highest BCUT2D eigenvalue weighted by atomic mass is 16.8. The molecule has 0 unspecified atom stereocenters. The van der Waals surface area contributed by atoms with Gasteiger partial charge in [-0.15, -0.1) is 0 Å². The van der Waals surface area contributed by atoms with Crippen LogP contribution in [-0.2, 0) is 28.5 Å². The predicted octanol–water partition coefficient (Wildman–Crippen LogP) is 0.794. The fourth-order valence-electron chi connectivity index (χ4n) is 4.63. The molecule has 4 aliphatic rings. The van der Waals surface area contributed by atoms with Crippen LogP contribution >= 0.6 is 0 Å². The average Bonchev–Trinajstić information content (AvgIpc) is 2.87. The van der Waals surface area contributed by atoms with Crippen molar-refractivity contribution in [3.05, 3.63) is 0 Å². The molecule has 3 heterocycles. The minimum absolute atomic E-state index is 0.00411. The van der Waals surface area contributed by atoms with Gasteiger partial charge in [0.05, 0.1) is 5.92 Å². The van der Waals surface area contributed by atoms with E-state index in [0.29, 0.717) is 6.42 Å². The molecule has 104 valence electrons. The lowest BCUT2D eigenvalue weighted by molar-refractivity contribution is -0.315. The molecule has 0 bridgehead atoms. The maximum atomic E-state index is 11.9. The van der Waals surface area contributed by atoms with Gasteiger partial charge in [-0.2, -0.15) is 0 Å². The summed E-state index contributed by atoms with van der Waals surface area (Å²) in [6, 6.07) is 0. The van der Waals surface area contributed by atoms with Crippen LogP contribution in [0.25, 0.3) is 0 Å². The van der Waals surface area contributed by atoms with Gasteiger partial charge in [0.15, 0.2) is 5.79 Å². The number of carbonyl (C=O) groups is 2. The van der Waals surface area contributed by atoms with Crippen LogP contribution in [0.4, 0.5) is 0 Å². The monoisotopic (exact) mass is 268 g/mol. The van der Waals surface area contributed by atoms with Gasteiger partial charge in [0.1, 0.15) is 0 Å². The van der Waals surface area contributed by atoms with Crippen molar-refractivity contribution in [2.24, 2.45) is 23.7 Å². The molecule has 4 rings (SSSR count). The predicted molar refractivity (Wildman–Crippen MR) is 59.2 cm³/mol. The quantitative estimate of drug-likeness (QED) is 0.655. The lowest BCUT2D eigenvalue weighted by Gasteiger charge is -2.28. The molecule has 6 heteroatoms. The molecule has 4 fully saturated rings. The molecule has 1 aliphatic carbocycles. The van der Waals surface area contributed by atoms with Gasteiger partial charge in [-0.1, -0.05) is 0 Å². The highest BCUT2D eigenvalue weighted by Crippen LogP contribution is 2.68. The molecule has 19 heavy (non-hydrogen) atoms. The Morgan fingerprint density at radius 2 is 2.05 bits per heavy atom. The third-order valence-corrected chi connectivity index (χ3v) is 5.01. The van der Waals surface area contributed by atoms with Gasteiger partial charge in [0.25, 0.3) is 0 Å². The summed E-state index contributed by atoms with van der Waals surface area (Å²) in [4.78, 5) is 23.1. The van der Waals surface area contributed by atoms with E-state index < -0.39 is 17.9 Å². The van der Waals surface area contributed by atoms with Crippen LogP contribution in [-0.4, -0.2) is 29.8 Å². The van der Waals surface area contributed by atoms with Crippen molar-refractivity contribution in [2.75, 3.05) is 0 Å². The average molecular weight is 268 g/mol. The zero-order chi connectivity index (χ0) is 13.6. The number of hydrogen-bond acceptors (Lipinski definition) is 6. The third-order valence-electron chi connectivity index (χ3n) is 5.01. The van der Waals surface area contributed by atoms with Gasteiger partial charge in [-0.05, 0) is 13.3 Å². The second-order valence-corrected chi connectivity index (χ2v) is 6.21. The van der Waals surface area contributed by atoms with Gasteiger partial charge >= 0.3 is 11.9 Å². The van der Waals surface area contributed by atoms with Crippen LogP contribution in [0.5, 0.6) is 0 Å². The molecule has 0 spiro atoms. The molecule has 0 aromatic carbocycles. The Kier molecular flexibility index (Phi) is 1.92. The Morgan fingerprint density at radius 3 is 2.74 bits per heavy atom. The molecule has 0 aromatic heterocycles. The minimum Gasteiger partial charge on any atom is -0.436 e. The van der Waals surface area contributed by atoms with Crippen LogP contribution in [0.15, 0.2) is 0 Å². The number of ether oxygens (including phenoxy) is 4. The first kappa shape index (κ1) is 11.7. The van der Waals surface area contributed by atoms with Crippen LogP contribution < -0.4 is 0 Å². The smallest absolute Gasteiger partial charge is 0.312 e. The Labute approximate surface area is 110 Å². The van der Waals surface area contributed by atoms with E-state index in [1.807, 2.05) is 6.92 Å². The van der Waals surface area contributed by atoms with E-state index in [-0.39, 0.29) is 35.6 Å². The maximum Gasteiger partial charge on any atom is 0.312 e. The number of rotatable bonds is 1. The fraction of sp³-hybridized carbons (Fsp3) is 0.846. The molecule has 0 amide bonds. The second kappa shape index (κ2) is 3.12. The highest BCUT2D eigenvalue weighted by molar-refractivity contribution is 5.77. The first-order valence-corrected chi connectivity index (χ1v) is 6.62. The van der Waals surface area contributed by atoms with Gasteiger partial charge in [0.2, 0.25) is 12.1 Å². The first-order chi connectivity index (χ1) is 8.84. The highest BCUT2D eigenvalue weighted by Gasteiger charge is 2.78. The van der Waals surface area contributed by atoms with Gasteiger partial charge < -0.3 is 18.9 Å². The summed E-state index contributed by atoms with van der Waals surface area (Å²) in [6.45, 7) is 4.99. The zero-order valence-electron chi connectivity index (χ0n) is 11.0. The zero-order valence-corrected chi connectivity index (χ0v) is 11.0. The third kappa shape index (κ3) is 1.24. The summed E-state index contributed by atoms with van der Waals surface area (Å²) < 4.78 is 22.3. The Balaban J connectivity index is 1.73. The van der Waals surface area contributed by atoms with E-state index in [2.05, 4.69) is 0 Å². The number of hydrogen-bond donors (Lipinski definition) is 0. The van der Waals surface area contributed by atoms with E-state index in [1.54, 1.807) is 6.92 Å². The molecule has 0 radical (unpaired) electrons. The van der Waals surface area contributed by atoms with Gasteiger partial charge in [0, 0.05) is 31.6 Å². The Bertz CT molecular complexity index is 490. The van der Waals surface area contributed by atoms with Crippen molar-refractivity contribution in [1.82, 2.24) is 0 Å². The van der Waals surface area contributed by atoms with Crippen molar-refractivity contribution in [1.29, 1.82) is 0 Å². The molecular formula is C13H16O6. The summed E-state index contributed by atoms with van der Waals surface area (Å²) >= 11 is 0. The Morgan fingerprint density at radius 1 is 1.32 bits per heavy atom. The minimum atomic E-state index is -0.892. The Hall–Kier alpha value is -1.14. The lowest BCUT2D eigenvalue weighted by Crippen LogP contribution is -2.37. The molecular weight excluding hydrogens is 252 g/mol. The topological polar surface area (TPSA) is 71.1 Å². The number of esters is 2. The molecule has 7 atom stereocenters. The van der Waals surface area contributed by atoms with Crippen LogP contribution in [0.1, 0.15) is 27.2 Å². The van der Waals surface area contributed by atoms with E-state index >= 15 is 0 Å². The summed E-state index contributed by atoms with van der Waals surface area (Å²) in [6.07, 6.45) is 0.0242. The summed E-state index contributed by atoms with van der Waals surface area (Å²) in [5, 5.41) is 0. The van der Waals surface area contributed by atoms with E-state index in [9.17, 15) is 9.59 Å². The molecule has 3 saturated heterocycles. The van der Waals surface area contributed by atoms with Crippen LogP contribution in [0.3, 0.4) is 0 Å². The largest absolute Gasteiger partial charge is 0.436 e. The number of carbonyl (C=O) groups excluding carboxylic acids is 2. The molecule has 6 nitrogen and oxygen atoms in total. The SMILES string of the molecule is CC(=O)O[C@@H]1O[C@@]2(C)O[C@@]3(C)OC(=O)[C@H]4C[C@@H]1[C@@H]2[C@H]43. The lowest BCUT2D eigenvalue weighted by atomic mass is 9.83. The van der Waals surface area contributed by atoms with Crippen LogP contribution in [0.2, 0.25) is 0 Å². The van der Waals surface area contributed by atoms with E-state index in [4.69, 9.17) is 18.9 Å². The van der Waals surface area contributed by atoms with E-state index in [0.717, 1.165) is 0 Å². The fourth-order valence-corrected chi connectivity index (χ4v) is 4.63. The second-order valence-electron chi connectivity index (χ2n) is 6.21. The van der Waals surface area contributed by atoms with Crippen molar-refractivity contribution in [3.63, 3.8) is 0 Å². The first-order valence-electron chi connectivity index (χ1n) is 6.62. The summed E-state index contributed by atoms with van der Waals surface area (Å²) in [5.41, 5.74) is 0. The van der Waals surface area contributed by atoms with Crippen molar-refractivity contribution >= 4 is 11.9 Å². The maximum absolute atomic E-state index is 11.9. The summed E-state index contributed by atoms with van der Waals surface area (Å²) in [7, 11) is 0. The van der Waals surface area contributed by atoms with Crippen LogP contribution in [0, 0.1) is 23.7 Å². The van der Waals surface area contributed by atoms with Gasteiger partial charge in [-0.3, -0.25) is 9.59 Å². The standard InChI is InChI=1S/C13H16O6/c1-5(14)16-11-7-4-6-8-9(7)13(3,18-11)19-12(8,2)17-10(6)15/h6-9,11H,4H2,1-3H3/t6-,7+,8-,9+,11+,12+,13-/m0/s1. The van der Waals surface area contributed by atoms with Crippen molar-refractivity contribution in [2.45, 2.75) is 45.1 Å². The molecule has 3 aliphatic heterocycles. The summed E-state index contributed by atoms with van der Waals surface area (Å²) in [5.74, 6) is -2.42. The molecule has 0 aromatic rings. The molecule has 0 N–H and O–H groups in total. The van der Waals surface area contributed by atoms with E-state index in [1.165, 1.54) is 6.92 Å².